The molecule has 0 fully saturated rings. The smallest absolute Gasteiger partial charge is 1.00 e. The summed E-state index contributed by atoms with van der Waals surface area (Å²) in [6, 6.07) is 0. The maximum absolute atomic E-state index is 10.3. The van der Waals surface area contributed by atoms with Gasteiger partial charge in [-0.15, -0.1) is 0 Å². The van der Waals surface area contributed by atoms with Gasteiger partial charge in [-0.25, -0.2) is 0 Å². The standard InChI is InChI=1S/C18H32O2.K.H/c1-2-3-4-5-6-7-8-9-10-11-12-13-14-15-16-17-18(19)20;;/h6-7,9-10H,2-5,8,11-17H2,1H3,(H,19,20);;/q;+1;-1/b7-6-,10-9-;;. The molecular weight excluding hydrogens is 287 g/mol. The molecule has 0 spiro atoms. The molecule has 118 valence electrons. The van der Waals surface area contributed by atoms with E-state index in [1.807, 2.05) is 0 Å². The fourth-order valence-electron chi connectivity index (χ4n) is 2.09. The monoisotopic (exact) mass is 320 g/mol. The summed E-state index contributed by atoms with van der Waals surface area (Å²) in [7, 11) is 0. The first-order chi connectivity index (χ1) is 9.77. The van der Waals surface area contributed by atoms with Crippen molar-refractivity contribution in [2.75, 3.05) is 0 Å². The van der Waals surface area contributed by atoms with Gasteiger partial charge in [0.15, 0.2) is 0 Å². The van der Waals surface area contributed by atoms with Crippen molar-refractivity contribution in [2.24, 2.45) is 0 Å². The molecule has 2 nitrogen and oxygen atoms in total. The Kier molecular flexibility index (Phi) is 23.4. The molecule has 0 saturated heterocycles. The molecule has 0 amide bonds. The minimum atomic E-state index is -0.671. The van der Waals surface area contributed by atoms with Crippen molar-refractivity contribution < 1.29 is 62.7 Å². The van der Waals surface area contributed by atoms with Crippen LogP contribution in [0.5, 0.6) is 0 Å². The fraction of sp³-hybridized carbons (Fsp3) is 0.722. The van der Waals surface area contributed by atoms with Gasteiger partial charge in [0.1, 0.15) is 0 Å². The predicted molar refractivity (Wildman–Crippen MR) is 88.1 cm³/mol. The quantitative estimate of drug-likeness (QED) is 0.303. The van der Waals surface area contributed by atoms with Crippen LogP contribution in [0.25, 0.3) is 0 Å². The van der Waals surface area contributed by atoms with Crippen molar-refractivity contribution in [2.45, 2.75) is 84.0 Å². The molecule has 0 aromatic rings. The van der Waals surface area contributed by atoms with Crippen molar-refractivity contribution in [3.8, 4) is 0 Å². The average Bonchev–Trinajstić information content (AvgIpc) is 2.43. The van der Waals surface area contributed by atoms with Gasteiger partial charge in [0.25, 0.3) is 0 Å². The predicted octanol–water partition coefficient (Wildman–Crippen LogP) is 3.00. The van der Waals surface area contributed by atoms with Gasteiger partial charge in [-0.3, -0.25) is 4.79 Å². The molecule has 0 aliphatic heterocycles. The van der Waals surface area contributed by atoms with Crippen LogP contribution < -0.4 is 51.4 Å². The Morgan fingerprint density at radius 2 is 1.38 bits per heavy atom. The third kappa shape index (κ3) is 23.0. The number of carbonyl (C=O) groups is 1. The minimum Gasteiger partial charge on any atom is -1.00 e. The second-order valence-corrected chi connectivity index (χ2v) is 5.37. The molecule has 21 heavy (non-hydrogen) atoms. The van der Waals surface area contributed by atoms with Crippen molar-refractivity contribution in [3.63, 3.8) is 0 Å². The van der Waals surface area contributed by atoms with Crippen LogP contribution in [0.1, 0.15) is 85.4 Å². The summed E-state index contributed by atoms with van der Waals surface area (Å²) in [6.07, 6.45) is 22.3. The number of hydrogen-bond donors (Lipinski definition) is 1. The number of allylic oxidation sites excluding steroid dienone is 4. The van der Waals surface area contributed by atoms with Crippen LogP contribution in [0.4, 0.5) is 0 Å². The Morgan fingerprint density at radius 3 is 1.95 bits per heavy atom. The molecule has 0 radical (unpaired) electrons. The van der Waals surface area contributed by atoms with Crippen molar-refractivity contribution in [3.05, 3.63) is 24.3 Å². The molecular formula is C18H33KO2. The summed E-state index contributed by atoms with van der Waals surface area (Å²) in [6.45, 7) is 2.23. The van der Waals surface area contributed by atoms with E-state index in [0.717, 1.165) is 25.7 Å². The van der Waals surface area contributed by atoms with Crippen LogP contribution in [-0.2, 0) is 4.79 Å². The number of hydrogen-bond acceptors (Lipinski definition) is 1. The summed E-state index contributed by atoms with van der Waals surface area (Å²) in [5.74, 6) is -0.671. The van der Waals surface area contributed by atoms with Crippen molar-refractivity contribution in [1.82, 2.24) is 0 Å². The van der Waals surface area contributed by atoms with E-state index >= 15 is 0 Å². The Labute approximate surface area is 175 Å². The number of carboxylic acid groups (broad SMARTS) is 1. The van der Waals surface area contributed by atoms with Gasteiger partial charge < -0.3 is 6.53 Å². The molecule has 0 unspecified atom stereocenters. The first-order valence-electron chi connectivity index (χ1n) is 8.29. The van der Waals surface area contributed by atoms with Crippen molar-refractivity contribution >= 4 is 5.97 Å². The third-order valence-electron chi connectivity index (χ3n) is 3.34. The van der Waals surface area contributed by atoms with Crippen LogP contribution in [0.3, 0.4) is 0 Å². The van der Waals surface area contributed by atoms with Crippen molar-refractivity contribution in [1.29, 1.82) is 0 Å². The zero-order valence-electron chi connectivity index (χ0n) is 15.2. The summed E-state index contributed by atoms with van der Waals surface area (Å²) in [5.41, 5.74) is 0. The van der Waals surface area contributed by atoms with E-state index in [4.69, 9.17) is 5.11 Å². The Balaban J connectivity index is -0.00000180. The first-order valence-corrected chi connectivity index (χ1v) is 8.29. The zero-order valence-corrected chi connectivity index (χ0v) is 17.3. The van der Waals surface area contributed by atoms with E-state index in [-0.39, 0.29) is 52.8 Å². The molecule has 0 aromatic heterocycles. The van der Waals surface area contributed by atoms with E-state index < -0.39 is 5.97 Å². The van der Waals surface area contributed by atoms with Crippen LogP contribution >= 0.6 is 0 Å². The maximum Gasteiger partial charge on any atom is 1.00 e. The molecule has 0 atom stereocenters. The first kappa shape index (κ1) is 23.8. The maximum atomic E-state index is 10.3. The second kappa shape index (κ2) is 20.6. The summed E-state index contributed by atoms with van der Waals surface area (Å²) < 4.78 is 0. The van der Waals surface area contributed by atoms with Gasteiger partial charge in [0.2, 0.25) is 0 Å². The van der Waals surface area contributed by atoms with Crippen LogP contribution in [-0.4, -0.2) is 11.1 Å². The fourth-order valence-corrected chi connectivity index (χ4v) is 2.09. The van der Waals surface area contributed by atoms with E-state index in [1.165, 1.54) is 44.9 Å². The van der Waals surface area contributed by atoms with E-state index in [9.17, 15) is 4.79 Å². The van der Waals surface area contributed by atoms with Gasteiger partial charge >= 0.3 is 57.4 Å². The Hall–Kier alpha value is 0.586. The third-order valence-corrected chi connectivity index (χ3v) is 3.34. The molecule has 0 aliphatic rings. The molecule has 0 aromatic carbocycles. The number of aliphatic carboxylic acids is 1. The Bertz CT molecular complexity index is 278. The zero-order chi connectivity index (χ0) is 14.9. The van der Waals surface area contributed by atoms with Crippen LogP contribution in [0.2, 0.25) is 0 Å². The summed E-state index contributed by atoms with van der Waals surface area (Å²) in [5, 5.41) is 8.50. The number of rotatable bonds is 14. The minimum absolute atomic E-state index is 0. The second-order valence-electron chi connectivity index (χ2n) is 5.37. The van der Waals surface area contributed by atoms with E-state index in [2.05, 4.69) is 31.2 Å². The molecule has 1 N–H and O–H groups in total. The topological polar surface area (TPSA) is 37.3 Å². The van der Waals surface area contributed by atoms with E-state index in [0.29, 0.717) is 6.42 Å². The molecule has 0 aliphatic carbocycles. The van der Waals surface area contributed by atoms with E-state index in [1.54, 1.807) is 0 Å². The van der Waals surface area contributed by atoms with Gasteiger partial charge in [-0.1, -0.05) is 63.3 Å². The van der Waals surface area contributed by atoms with Gasteiger partial charge in [-0.05, 0) is 38.5 Å². The molecule has 3 heteroatoms. The van der Waals surface area contributed by atoms with Crippen LogP contribution in [0.15, 0.2) is 24.3 Å². The molecule has 0 saturated carbocycles. The van der Waals surface area contributed by atoms with Crippen LogP contribution in [0, 0.1) is 0 Å². The molecule has 0 bridgehead atoms. The average molecular weight is 321 g/mol. The summed E-state index contributed by atoms with van der Waals surface area (Å²) in [4.78, 5) is 10.3. The molecule has 0 rings (SSSR count). The Morgan fingerprint density at radius 1 is 0.857 bits per heavy atom. The van der Waals surface area contributed by atoms with Gasteiger partial charge in [0, 0.05) is 6.42 Å². The largest absolute Gasteiger partial charge is 1.00 e. The normalized spacial score (nSPS) is 11.1. The summed E-state index contributed by atoms with van der Waals surface area (Å²) >= 11 is 0. The van der Waals surface area contributed by atoms with Gasteiger partial charge in [-0.2, -0.15) is 0 Å². The number of unbranched alkanes of at least 4 members (excludes halogenated alkanes) is 8. The van der Waals surface area contributed by atoms with Gasteiger partial charge in [0.05, 0.1) is 0 Å². The number of carboxylic acids is 1. The molecule has 0 heterocycles. The SMILES string of the molecule is CCCCC/C=C\C/C=C\CCCCCCCC(=O)O.[H-].[K+].